The van der Waals surface area contributed by atoms with Gasteiger partial charge >= 0.3 is 0 Å². The van der Waals surface area contributed by atoms with Gasteiger partial charge in [0.25, 0.3) is 11.8 Å². The van der Waals surface area contributed by atoms with Crippen molar-refractivity contribution in [2.24, 2.45) is 46.3 Å². The van der Waals surface area contributed by atoms with E-state index in [4.69, 9.17) is 23.2 Å². The molecule has 8 aliphatic carbocycles. The Hall–Kier alpha value is -1.57. The van der Waals surface area contributed by atoms with Crippen molar-refractivity contribution in [3.8, 4) is 0 Å². The van der Waals surface area contributed by atoms with Crippen molar-refractivity contribution in [1.82, 2.24) is 10.6 Å². The maximum atomic E-state index is 12.8. The molecule has 2 N–H and O–H groups in total. The Morgan fingerprint density at radius 1 is 0.702 bits per heavy atom. The molecule has 0 atom stereocenters. The molecule has 252 valence electrons. The van der Waals surface area contributed by atoms with Gasteiger partial charge in [-0.1, -0.05) is 35.3 Å². The second kappa shape index (κ2) is 14.0. The molecule has 0 aliphatic heterocycles. The third-order valence-electron chi connectivity index (χ3n) is 12.7. The quantitative estimate of drug-likeness (QED) is 0.196. The summed E-state index contributed by atoms with van der Waals surface area (Å²) < 4.78 is 1.04. The topological polar surface area (TPSA) is 58.2 Å². The van der Waals surface area contributed by atoms with E-state index in [0.29, 0.717) is 32.0 Å². The largest absolute Gasteiger partial charge is 0.351 e. The molecular weight excluding hydrogens is 738 g/mol. The first-order valence-corrected chi connectivity index (χ1v) is 19.8. The van der Waals surface area contributed by atoms with Crippen molar-refractivity contribution < 1.29 is 9.59 Å². The summed E-state index contributed by atoms with van der Waals surface area (Å²) in [7, 11) is 0. The number of carbonyl (C=O) groups is 2. The highest BCUT2D eigenvalue weighted by molar-refractivity contribution is 14.1. The van der Waals surface area contributed by atoms with Crippen molar-refractivity contribution in [1.29, 1.82) is 0 Å². The maximum Gasteiger partial charge on any atom is 0.252 e. The van der Waals surface area contributed by atoms with Crippen LogP contribution in [-0.2, 0) is 6.42 Å². The first-order valence-electron chi connectivity index (χ1n) is 18.0. The number of nitrogens with one attached hydrogen (secondary N) is 2. The number of benzene rings is 2. The second-order valence-electron chi connectivity index (χ2n) is 16.5. The molecule has 8 fully saturated rings. The minimum absolute atomic E-state index is 0.0128. The minimum atomic E-state index is -0.0146. The summed E-state index contributed by atoms with van der Waals surface area (Å²) in [5.41, 5.74) is 3.10. The first-order chi connectivity index (χ1) is 22.6. The standard InChI is InChI=1S/C22H28ClNO.C18H21ClINO/c1-2-3-4-15-5-6-20(23)19(10-15)21(25)24-14-22-11-16-7-17(12-22)9-18(8-16)13-22;19-16-2-1-14(20)6-15(16)17(22)21-10-18-7-11-3-12(8-18)5-13(4-11)9-18/h2,5-6,10,16-18H,1,3-4,7-9,11-14H2,(H,24,25);1-2,6,11-13H,3-5,7-10H2,(H,21,22). The van der Waals surface area contributed by atoms with Gasteiger partial charge in [0, 0.05) is 16.7 Å². The monoisotopic (exact) mass is 786 g/mol. The molecule has 0 saturated heterocycles. The molecule has 0 radical (unpaired) electrons. The summed E-state index contributed by atoms with van der Waals surface area (Å²) in [5, 5.41) is 7.53. The van der Waals surface area contributed by atoms with E-state index in [0.717, 1.165) is 70.6 Å². The molecule has 8 bridgehead atoms. The predicted molar refractivity (Wildman–Crippen MR) is 200 cm³/mol. The maximum absolute atomic E-state index is 12.8. The van der Waals surface area contributed by atoms with Gasteiger partial charge in [-0.2, -0.15) is 0 Å². The summed E-state index contributed by atoms with van der Waals surface area (Å²) >= 11 is 14.7. The van der Waals surface area contributed by atoms with Gasteiger partial charge < -0.3 is 10.6 Å². The average molecular weight is 788 g/mol. The number of rotatable bonds is 9. The number of halogens is 3. The van der Waals surface area contributed by atoms with Crippen LogP contribution in [0.25, 0.3) is 0 Å². The van der Waals surface area contributed by atoms with Gasteiger partial charge in [0.2, 0.25) is 0 Å². The molecule has 47 heavy (non-hydrogen) atoms. The number of hydrogen-bond donors (Lipinski definition) is 2. The van der Waals surface area contributed by atoms with Gasteiger partial charge in [-0.05, 0) is 195 Å². The number of amides is 2. The Kier molecular flexibility index (Phi) is 10.1. The van der Waals surface area contributed by atoms with E-state index in [-0.39, 0.29) is 11.8 Å². The van der Waals surface area contributed by atoms with E-state index in [2.05, 4.69) is 39.8 Å². The van der Waals surface area contributed by atoms with E-state index in [1.165, 1.54) is 77.0 Å². The fourth-order valence-electron chi connectivity index (χ4n) is 11.6. The number of hydrogen-bond acceptors (Lipinski definition) is 2. The van der Waals surface area contributed by atoms with Gasteiger partial charge in [-0.3, -0.25) is 9.59 Å². The van der Waals surface area contributed by atoms with Crippen LogP contribution in [0, 0.1) is 49.9 Å². The molecule has 0 spiro atoms. The fraction of sp³-hybridized carbons (Fsp3) is 0.600. The lowest BCUT2D eigenvalue weighted by molar-refractivity contribution is -0.0504. The van der Waals surface area contributed by atoms with Crippen molar-refractivity contribution >= 4 is 57.6 Å². The third-order valence-corrected chi connectivity index (χ3v) is 14.0. The van der Waals surface area contributed by atoms with Crippen LogP contribution >= 0.6 is 45.8 Å². The highest BCUT2D eigenvalue weighted by Crippen LogP contribution is 2.60. The van der Waals surface area contributed by atoms with Crippen LogP contribution in [0.5, 0.6) is 0 Å². The molecule has 4 nitrogen and oxygen atoms in total. The molecule has 0 unspecified atom stereocenters. The molecule has 2 amide bonds. The highest BCUT2D eigenvalue weighted by Gasteiger charge is 2.52. The van der Waals surface area contributed by atoms with Crippen LogP contribution < -0.4 is 10.6 Å². The van der Waals surface area contributed by atoms with Gasteiger partial charge in [-0.25, -0.2) is 0 Å². The lowest BCUT2D eigenvalue weighted by Gasteiger charge is -2.56. The molecule has 8 saturated carbocycles. The van der Waals surface area contributed by atoms with E-state index >= 15 is 0 Å². The summed E-state index contributed by atoms with van der Waals surface area (Å²) in [5.74, 6) is 5.47. The van der Waals surface area contributed by atoms with Crippen LogP contribution in [0.15, 0.2) is 49.1 Å². The van der Waals surface area contributed by atoms with Crippen LogP contribution in [0.3, 0.4) is 0 Å². The normalized spacial score (nSPS) is 34.0. The van der Waals surface area contributed by atoms with Gasteiger partial charge in [-0.15, -0.1) is 6.58 Å². The fourth-order valence-corrected chi connectivity index (χ4v) is 12.5. The van der Waals surface area contributed by atoms with Crippen LogP contribution in [-0.4, -0.2) is 24.9 Å². The highest BCUT2D eigenvalue weighted by atomic mass is 127. The zero-order valence-corrected chi connectivity index (χ0v) is 31.1. The van der Waals surface area contributed by atoms with Gasteiger partial charge in [0.15, 0.2) is 0 Å². The zero-order valence-electron chi connectivity index (χ0n) is 27.5. The van der Waals surface area contributed by atoms with E-state index < -0.39 is 0 Å². The summed E-state index contributed by atoms with van der Waals surface area (Å²) in [6.45, 7) is 5.42. The molecular formula is C40H49Cl2IN2O2. The summed E-state index contributed by atoms with van der Waals surface area (Å²) in [6, 6.07) is 11.4. The Morgan fingerprint density at radius 3 is 1.53 bits per heavy atom. The molecule has 10 rings (SSSR count). The Balaban J connectivity index is 0.000000151. The van der Waals surface area contributed by atoms with Crippen molar-refractivity contribution in [2.45, 2.75) is 89.9 Å². The van der Waals surface area contributed by atoms with Crippen LogP contribution in [0.1, 0.15) is 110 Å². The SMILES string of the molecule is C=CCCc1ccc(Cl)c(C(=O)NCC23CC4CC(CC(C4)C2)C3)c1.O=C(NCC12CC3CC(CC(C3)C1)C2)c1cc(I)ccc1Cl. The molecule has 0 heterocycles. The summed E-state index contributed by atoms with van der Waals surface area (Å²) in [4.78, 5) is 25.3. The smallest absolute Gasteiger partial charge is 0.252 e. The van der Waals surface area contributed by atoms with Crippen LogP contribution in [0.4, 0.5) is 0 Å². The molecule has 0 aromatic heterocycles. The van der Waals surface area contributed by atoms with E-state index in [9.17, 15) is 9.59 Å². The van der Waals surface area contributed by atoms with Gasteiger partial charge in [0.1, 0.15) is 0 Å². The predicted octanol–water partition coefficient (Wildman–Crippen LogP) is 10.3. The van der Waals surface area contributed by atoms with Crippen LogP contribution in [0.2, 0.25) is 10.0 Å². The number of carbonyl (C=O) groups excluding carboxylic acids is 2. The molecule has 2 aromatic rings. The van der Waals surface area contributed by atoms with Crippen molar-refractivity contribution in [3.05, 3.63) is 79.4 Å². The van der Waals surface area contributed by atoms with Crippen molar-refractivity contribution in [2.75, 3.05) is 13.1 Å². The Bertz CT molecular complexity index is 1450. The molecule has 8 aliphatic rings. The lowest BCUT2D eigenvalue weighted by atomic mass is 9.49. The zero-order chi connectivity index (χ0) is 32.8. The summed E-state index contributed by atoms with van der Waals surface area (Å²) in [6.07, 6.45) is 20.2. The molecule has 7 heteroatoms. The number of allylic oxidation sites excluding steroid dienone is 1. The molecule has 2 aromatic carbocycles. The minimum Gasteiger partial charge on any atom is -0.351 e. The van der Waals surface area contributed by atoms with E-state index in [1.54, 1.807) is 0 Å². The Labute approximate surface area is 304 Å². The van der Waals surface area contributed by atoms with Crippen molar-refractivity contribution in [3.63, 3.8) is 0 Å². The van der Waals surface area contributed by atoms with E-state index in [1.807, 2.05) is 42.5 Å². The van der Waals surface area contributed by atoms with Gasteiger partial charge in [0.05, 0.1) is 21.2 Å². The average Bonchev–Trinajstić information content (AvgIpc) is 3.02. The lowest BCUT2D eigenvalue weighted by Crippen LogP contribution is -2.51. The Morgan fingerprint density at radius 2 is 1.11 bits per heavy atom. The number of aryl methyl sites for hydroxylation is 1. The first kappa shape index (κ1) is 33.9. The third kappa shape index (κ3) is 7.62. The second-order valence-corrected chi connectivity index (χ2v) is 18.5.